The van der Waals surface area contributed by atoms with Crippen LogP contribution in [-0.2, 0) is 20.0 Å². The fourth-order valence-corrected chi connectivity index (χ4v) is 2.34. The van der Waals surface area contributed by atoms with Crippen molar-refractivity contribution in [2.45, 2.75) is 19.9 Å². The lowest BCUT2D eigenvalue weighted by atomic mass is 10.2. The van der Waals surface area contributed by atoms with Gasteiger partial charge in [-0.3, -0.25) is 9.67 Å². The molecule has 0 amide bonds. The summed E-state index contributed by atoms with van der Waals surface area (Å²) in [6.07, 6.45) is 4.67. The van der Waals surface area contributed by atoms with Crippen molar-refractivity contribution >= 4 is 15.9 Å². The molecule has 0 radical (unpaired) electrons. The van der Waals surface area contributed by atoms with Crippen molar-refractivity contribution < 1.29 is 0 Å². The minimum absolute atomic E-state index is 0.822. The zero-order valence-electron chi connectivity index (χ0n) is 10.7. The summed E-state index contributed by atoms with van der Waals surface area (Å²) in [5.41, 5.74) is 3.52. The molecule has 0 fully saturated rings. The van der Waals surface area contributed by atoms with E-state index in [-0.39, 0.29) is 0 Å². The molecule has 5 heteroatoms. The molecule has 0 aliphatic carbocycles. The number of rotatable bonds is 5. The van der Waals surface area contributed by atoms with Crippen molar-refractivity contribution in [3.8, 4) is 0 Å². The second-order valence-electron chi connectivity index (χ2n) is 4.25. The van der Waals surface area contributed by atoms with Gasteiger partial charge in [0.25, 0.3) is 0 Å². The molecule has 0 aromatic carbocycles. The smallest absolute Gasteiger partial charge is 0.0739 e. The molecular formula is C13H17BrN4. The number of nitrogens with one attached hydrogen (secondary N) is 1. The first-order valence-corrected chi connectivity index (χ1v) is 6.75. The highest BCUT2D eigenvalue weighted by atomic mass is 79.9. The summed E-state index contributed by atoms with van der Waals surface area (Å²) in [4.78, 5) is 4.01. The maximum absolute atomic E-state index is 4.37. The van der Waals surface area contributed by atoms with Gasteiger partial charge in [-0.2, -0.15) is 5.10 Å². The van der Waals surface area contributed by atoms with Crippen molar-refractivity contribution in [3.63, 3.8) is 0 Å². The van der Waals surface area contributed by atoms with Crippen molar-refractivity contribution in [2.75, 3.05) is 6.54 Å². The number of hydrogen-bond acceptors (Lipinski definition) is 3. The van der Waals surface area contributed by atoms with Crippen LogP contribution in [0, 0.1) is 6.92 Å². The van der Waals surface area contributed by atoms with Crippen molar-refractivity contribution in [1.82, 2.24) is 20.1 Å². The predicted octanol–water partition coefficient (Wildman–Crippen LogP) is 2.22. The van der Waals surface area contributed by atoms with Crippen LogP contribution in [0.3, 0.4) is 0 Å². The summed E-state index contributed by atoms with van der Waals surface area (Å²) in [6, 6.07) is 4.09. The van der Waals surface area contributed by atoms with Gasteiger partial charge in [0.15, 0.2) is 0 Å². The van der Waals surface area contributed by atoms with Crippen LogP contribution in [-0.4, -0.2) is 21.3 Å². The Labute approximate surface area is 116 Å². The first kappa shape index (κ1) is 13.2. The summed E-state index contributed by atoms with van der Waals surface area (Å²) in [5, 5.41) is 7.80. The van der Waals surface area contributed by atoms with E-state index in [0.29, 0.717) is 0 Å². The molecule has 4 nitrogen and oxygen atoms in total. The van der Waals surface area contributed by atoms with Gasteiger partial charge in [0, 0.05) is 26.0 Å². The average Bonchev–Trinajstić information content (AvgIpc) is 2.61. The summed E-state index contributed by atoms with van der Waals surface area (Å²) in [5.74, 6) is 0. The Morgan fingerprint density at radius 1 is 1.33 bits per heavy atom. The van der Waals surface area contributed by atoms with Gasteiger partial charge in [-0.1, -0.05) is 0 Å². The third-order valence-corrected chi connectivity index (χ3v) is 3.93. The normalized spacial score (nSPS) is 10.8. The highest BCUT2D eigenvalue weighted by molar-refractivity contribution is 9.10. The molecule has 2 rings (SSSR count). The number of pyridine rings is 1. The number of nitrogens with zero attached hydrogens (tertiary/aromatic N) is 3. The first-order chi connectivity index (χ1) is 8.68. The molecule has 1 N–H and O–H groups in total. The van der Waals surface area contributed by atoms with Crippen molar-refractivity contribution in [1.29, 1.82) is 0 Å². The number of aromatic nitrogens is 3. The summed E-state index contributed by atoms with van der Waals surface area (Å²) >= 11 is 3.57. The van der Waals surface area contributed by atoms with E-state index in [2.05, 4.69) is 31.3 Å². The third-order valence-electron chi connectivity index (χ3n) is 2.89. The number of hydrogen-bond donors (Lipinski definition) is 1. The molecule has 2 heterocycles. The van der Waals surface area contributed by atoms with E-state index in [1.807, 2.05) is 43.2 Å². The van der Waals surface area contributed by atoms with E-state index in [1.165, 1.54) is 11.3 Å². The van der Waals surface area contributed by atoms with Gasteiger partial charge < -0.3 is 5.32 Å². The van der Waals surface area contributed by atoms with Gasteiger partial charge in [-0.05, 0) is 53.5 Å². The Kier molecular flexibility index (Phi) is 4.49. The quantitative estimate of drug-likeness (QED) is 0.861. The van der Waals surface area contributed by atoms with E-state index in [1.54, 1.807) is 0 Å². The van der Waals surface area contributed by atoms with Crippen LogP contribution in [0.1, 0.15) is 17.0 Å². The third kappa shape index (κ3) is 3.17. The van der Waals surface area contributed by atoms with Crippen LogP contribution in [0.25, 0.3) is 0 Å². The largest absolute Gasteiger partial charge is 0.311 e. The van der Waals surface area contributed by atoms with Gasteiger partial charge in [0.2, 0.25) is 0 Å². The molecule has 0 saturated heterocycles. The van der Waals surface area contributed by atoms with Gasteiger partial charge in [-0.15, -0.1) is 0 Å². The minimum atomic E-state index is 0.822. The number of aryl methyl sites for hydroxylation is 2. The Balaban J connectivity index is 1.82. The zero-order valence-corrected chi connectivity index (χ0v) is 12.2. The zero-order chi connectivity index (χ0) is 13.0. The Morgan fingerprint density at radius 2 is 2.06 bits per heavy atom. The molecule has 0 bridgehead atoms. The Hall–Kier alpha value is -1.20. The van der Waals surface area contributed by atoms with Crippen LogP contribution < -0.4 is 5.32 Å². The Bertz CT molecular complexity index is 507. The molecule has 0 aliphatic rings. The summed E-state index contributed by atoms with van der Waals surface area (Å²) < 4.78 is 3.01. The van der Waals surface area contributed by atoms with Gasteiger partial charge in [0.1, 0.15) is 0 Å². The minimum Gasteiger partial charge on any atom is -0.311 e. The predicted molar refractivity (Wildman–Crippen MR) is 75.3 cm³/mol. The van der Waals surface area contributed by atoms with Gasteiger partial charge >= 0.3 is 0 Å². The monoisotopic (exact) mass is 308 g/mol. The first-order valence-electron chi connectivity index (χ1n) is 5.96. The van der Waals surface area contributed by atoms with Crippen molar-refractivity contribution in [3.05, 3.63) is 46.0 Å². The number of halogens is 1. The van der Waals surface area contributed by atoms with E-state index in [0.717, 1.165) is 29.7 Å². The summed E-state index contributed by atoms with van der Waals surface area (Å²) in [6.45, 7) is 3.77. The van der Waals surface area contributed by atoms with Gasteiger partial charge in [0.05, 0.1) is 15.9 Å². The molecule has 2 aromatic rings. The molecule has 96 valence electrons. The van der Waals surface area contributed by atoms with Crippen LogP contribution in [0.5, 0.6) is 0 Å². The second-order valence-corrected chi connectivity index (χ2v) is 5.04. The molecule has 0 unspecified atom stereocenters. The maximum Gasteiger partial charge on any atom is 0.0739 e. The van der Waals surface area contributed by atoms with E-state index in [4.69, 9.17) is 0 Å². The maximum atomic E-state index is 4.37. The molecular weight excluding hydrogens is 292 g/mol. The lowest BCUT2D eigenvalue weighted by Crippen LogP contribution is -2.18. The van der Waals surface area contributed by atoms with E-state index in [9.17, 15) is 0 Å². The van der Waals surface area contributed by atoms with Gasteiger partial charge in [-0.25, -0.2) is 0 Å². The highest BCUT2D eigenvalue weighted by Crippen LogP contribution is 2.19. The van der Waals surface area contributed by atoms with Crippen LogP contribution >= 0.6 is 15.9 Å². The molecule has 0 aliphatic heterocycles. The topological polar surface area (TPSA) is 42.7 Å². The van der Waals surface area contributed by atoms with Crippen molar-refractivity contribution in [2.24, 2.45) is 7.05 Å². The van der Waals surface area contributed by atoms with Crippen LogP contribution in [0.2, 0.25) is 0 Å². The fourth-order valence-electron chi connectivity index (χ4n) is 1.86. The molecule has 18 heavy (non-hydrogen) atoms. The Morgan fingerprint density at radius 3 is 2.67 bits per heavy atom. The summed E-state index contributed by atoms with van der Waals surface area (Å²) in [7, 11) is 1.97. The molecule has 0 atom stereocenters. The SMILES string of the molecule is Cc1nn(C)c(CNCCc2ccncc2)c1Br. The lowest BCUT2D eigenvalue weighted by Gasteiger charge is -2.06. The van der Waals surface area contributed by atoms with Crippen LogP contribution in [0.4, 0.5) is 0 Å². The average molecular weight is 309 g/mol. The molecule has 2 aromatic heterocycles. The highest BCUT2D eigenvalue weighted by Gasteiger charge is 2.09. The fraction of sp³-hybridized carbons (Fsp3) is 0.385. The molecule has 0 spiro atoms. The molecule has 0 saturated carbocycles. The van der Waals surface area contributed by atoms with E-state index >= 15 is 0 Å². The lowest BCUT2D eigenvalue weighted by molar-refractivity contribution is 0.623. The van der Waals surface area contributed by atoms with E-state index < -0.39 is 0 Å². The van der Waals surface area contributed by atoms with Crippen LogP contribution in [0.15, 0.2) is 29.0 Å². The standard InChI is InChI=1S/C13H17BrN4/c1-10-13(14)12(18(2)17-10)9-16-8-5-11-3-6-15-7-4-11/h3-4,6-7,16H,5,8-9H2,1-2H3. The second kappa shape index (κ2) is 6.11.